The molecule has 0 aromatic carbocycles. The Morgan fingerprint density at radius 1 is 1.24 bits per heavy atom. The molecule has 4 nitrogen and oxygen atoms in total. The zero-order valence-electron chi connectivity index (χ0n) is 9.80. The van der Waals surface area contributed by atoms with Crippen molar-refractivity contribution in [2.75, 3.05) is 19.6 Å². The van der Waals surface area contributed by atoms with Crippen LogP contribution in [0.2, 0.25) is 0 Å². The van der Waals surface area contributed by atoms with Crippen LogP contribution in [-0.2, 0) is 9.59 Å². The van der Waals surface area contributed by atoms with E-state index < -0.39 is 5.67 Å². The summed E-state index contributed by atoms with van der Waals surface area (Å²) in [7, 11) is 0. The van der Waals surface area contributed by atoms with E-state index in [9.17, 15) is 14.0 Å². The lowest BCUT2D eigenvalue weighted by atomic mass is 9.77. The molecule has 2 heterocycles. The third-order valence-electron chi connectivity index (χ3n) is 4.38. The topological polar surface area (TPSA) is 49.4 Å². The summed E-state index contributed by atoms with van der Waals surface area (Å²) < 4.78 is 13.7. The largest absolute Gasteiger partial charge is 0.356 e. The first-order valence-electron chi connectivity index (χ1n) is 6.28. The SMILES string of the molecule is O=C1CC2(CCN(C(=O)C3(F)CC3)CC2)CN1. The molecule has 3 rings (SSSR count). The van der Waals surface area contributed by atoms with Crippen LogP contribution in [0, 0.1) is 5.41 Å². The highest BCUT2D eigenvalue weighted by Gasteiger charge is 2.54. The summed E-state index contributed by atoms with van der Waals surface area (Å²) in [6.45, 7) is 1.91. The van der Waals surface area contributed by atoms with Crippen LogP contribution in [-0.4, -0.2) is 42.0 Å². The average molecular weight is 240 g/mol. The first-order chi connectivity index (χ1) is 8.03. The average Bonchev–Trinajstić information content (AvgIpc) is 2.97. The quantitative estimate of drug-likeness (QED) is 0.730. The number of carbonyl (C=O) groups is 2. The lowest BCUT2D eigenvalue weighted by molar-refractivity contribution is -0.140. The monoisotopic (exact) mass is 240 g/mol. The number of nitrogens with zero attached hydrogens (tertiary/aromatic N) is 1. The van der Waals surface area contributed by atoms with Crippen molar-refractivity contribution in [1.29, 1.82) is 0 Å². The van der Waals surface area contributed by atoms with Crippen molar-refractivity contribution >= 4 is 11.8 Å². The Balaban J connectivity index is 1.61. The summed E-state index contributed by atoms with van der Waals surface area (Å²) >= 11 is 0. The van der Waals surface area contributed by atoms with Crippen LogP contribution in [0.4, 0.5) is 4.39 Å². The van der Waals surface area contributed by atoms with E-state index in [1.54, 1.807) is 4.90 Å². The Kier molecular flexibility index (Phi) is 2.22. The molecule has 2 amide bonds. The Labute approximate surface area is 99.5 Å². The predicted octanol–water partition coefficient (Wildman–Crippen LogP) is 0.617. The van der Waals surface area contributed by atoms with Gasteiger partial charge in [-0.05, 0) is 31.1 Å². The van der Waals surface area contributed by atoms with Crippen LogP contribution < -0.4 is 5.32 Å². The van der Waals surface area contributed by atoms with E-state index in [0.29, 0.717) is 38.9 Å². The van der Waals surface area contributed by atoms with E-state index in [2.05, 4.69) is 5.32 Å². The van der Waals surface area contributed by atoms with Crippen molar-refractivity contribution in [1.82, 2.24) is 10.2 Å². The molecule has 0 aromatic heterocycles. The third-order valence-corrected chi connectivity index (χ3v) is 4.38. The van der Waals surface area contributed by atoms with E-state index in [0.717, 1.165) is 12.8 Å². The van der Waals surface area contributed by atoms with E-state index in [4.69, 9.17) is 0 Å². The number of rotatable bonds is 1. The molecule has 0 aromatic rings. The second-order valence-corrected chi connectivity index (χ2v) is 5.71. The van der Waals surface area contributed by atoms with Gasteiger partial charge in [0.2, 0.25) is 5.91 Å². The highest BCUT2D eigenvalue weighted by Crippen LogP contribution is 2.44. The smallest absolute Gasteiger partial charge is 0.260 e. The van der Waals surface area contributed by atoms with Gasteiger partial charge in [0.05, 0.1) is 0 Å². The second kappa shape index (κ2) is 3.43. The fourth-order valence-corrected chi connectivity index (χ4v) is 2.90. The number of amides is 2. The molecule has 3 fully saturated rings. The lowest BCUT2D eigenvalue weighted by Gasteiger charge is -2.38. The van der Waals surface area contributed by atoms with Gasteiger partial charge in [0.25, 0.3) is 5.91 Å². The number of hydrogen-bond donors (Lipinski definition) is 1. The summed E-state index contributed by atoms with van der Waals surface area (Å²) in [5, 5.41) is 2.85. The Morgan fingerprint density at radius 3 is 2.35 bits per heavy atom. The van der Waals surface area contributed by atoms with E-state index >= 15 is 0 Å². The molecule has 1 spiro atoms. The molecule has 5 heteroatoms. The first-order valence-corrected chi connectivity index (χ1v) is 6.28. The van der Waals surface area contributed by atoms with Crippen LogP contribution in [0.5, 0.6) is 0 Å². The minimum Gasteiger partial charge on any atom is -0.356 e. The number of hydrogen-bond acceptors (Lipinski definition) is 2. The minimum atomic E-state index is -1.55. The molecule has 1 N–H and O–H groups in total. The Bertz CT molecular complexity index is 371. The molecule has 1 aliphatic carbocycles. The van der Waals surface area contributed by atoms with Gasteiger partial charge in [-0.25, -0.2) is 4.39 Å². The number of halogens is 1. The summed E-state index contributed by atoms with van der Waals surface area (Å²) in [6, 6.07) is 0. The van der Waals surface area contributed by atoms with Gasteiger partial charge < -0.3 is 10.2 Å². The van der Waals surface area contributed by atoms with Crippen molar-refractivity contribution in [2.45, 2.75) is 37.8 Å². The van der Waals surface area contributed by atoms with Crippen LogP contribution in [0.1, 0.15) is 32.1 Å². The van der Waals surface area contributed by atoms with E-state index in [1.807, 2.05) is 0 Å². The lowest BCUT2D eigenvalue weighted by Crippen LogP contribution is -2.47. The maximum atomic E-state index is 13.7. The number of carbonyl (C=O) groups excluding carboxylic acids is 2. The molecule has 0 atom stereocenters. The van der Waals surface area contributed by atoms with Gasteiger partial charge in [0.15, 0.2) is 5.67 Å². The minimum absolute atomic E-state index is 0.0287. The number of piperidine rings is 1. The van der Waals surface area contributed by atoms with E-state index in [-0.39, 0.29) is 17.2 Å². The van der Waals surface area contributed by atoms with Crippen LogP contribution in [0.3, 0.4) is 0 Å². The van der Waals surface area contributed by atoms with E-state index in [1.165, 1.54) is 0 Å². The molecule has 0 bridgehead atoms. The first kappa shape index (κ1) is 11.0. The number of nitrogens with one attached hydrogen (secondary N) is 1. The van der Waals surface area contributed by atoms with Crippen molar-refractivity contribution in [3.63, 3.8) is 0 Å². The van der Waals surface area contributed by atoms with Gasteiger partial charge >= 0.3 is 0 Å². The van der Waals surface area contributed by atoms with Crippen LogP contribution >= 0.6 is 0 Å². The van der Waals surface area contributed by atoms with Gasteiger partial charge in [-0.3, -0.25) is 9.59 Å². The Morgan fingerprint density at radius 2 is 1.88 bits per heavy atom. The molecule has 2 saturated heterocycles. The molecule has 2 aliphatic heterocycles. The van der Waals surface area contributed by atoms with Crippen molar-refractivity contribution < 1.29 is 14.0 Å². The van der Waals surface area contributed by atoms with Crippen LogP contribution in [0.25, 0.3) is 0 Å². The number of likely N-dealkylation sites (tertiary alicyclic amines) is 1. The normalized spacial score (nSPS) is 29.2. The fraction of sp³-hybridized carbons (Fsp3) is 0.833. The maximum absolute atomic E-state index is 13.7. The molecule has 94 valence electrons. The molecular formula is C12H17FN2O2. The highest BCUT2D eigenvalue weighted by molar-refractivity contribution is 5.88. The van der Waals surface area contributed by atoms with Crippen molar-refractivity contribution in [2.24, 2.45) is 5.41 Å². The fourth-order valence-electron chi connectivity index (χ4n) is 2.90. The van der Waals surface area contributed by atoms with Gasteiger partial charge in [0, 0.05) is 26.1 Å². The van der Waals surface area contributed by atoms with Gasteiger partial charge in [-0.2, -0.15) is 0 Å². The Hall–Kier alpha value is -1.13. The van der Waals surface area contributed by atoms with Gasteiger partial charge in [-0.1, -0.05) is 0 Å². The summed E-state index contributed by atoms with van der Waals surface area (Å²) in [4.78, 5) is 24.7. The van der Waals surface area contributed by atoms with Crippen molar-refractivity contribution in [3.05, 3.63) is 0 Å². The zero-order chi connectivity index (χ0) is 12.1. The molecule has 3 aliphatic rings. The number of alkyl halides is 1. The molecular weight excluding hydrogens is 223 g/mol. The second-order valence-electron chi connectivity index (χ2n) is 5.71. The summed E-state index contributed by atoms with van der Waals surface area (Å²) in [6.07, 6.45) is 2.96. The predicted molar refractivity (Wildman–Crippen MR) is 58.9 cm³/mol. The van der Waals surface area contributed by atoms with Gasteiger partial charge in [-0.15, -0.1) is 0 Å². The molecule has 17 heavy (non-hydrogen) atoms. The molecule has 0 radical (unpaired) electrons. The standard InChI is InChI=1S/C12H17FN2O2/c13-12(1-2-12)10(17)15-5-3-11(4-6-15)7-9(16)14-8-11/h1-8H2,(H,14,16). The third kappa shape index (κ3) is 1.81. The highest BCUT2D eigenvalue weighted by atomic mass is 19.1. The molecule has 0 unspecified atom stereocenters. The summed E-state index contributed by atoms with van der Waals surface area (Å²) in [5.41, 5.74) is -1.52. The van der Waals surface area contributed by atoms with Gasteiger partial charge in [0.1, 0.15) is 0 Å². The maximum Gasteiger partial charge on any atom is 0.260 e. The zero-order valence-corrected chi connectivity index (χ0v) is 9.80. The van der Waals surface area contributed by atoms with Crippen molar-refractivity contribution in [3.8, 4) is 0 Å². The molecule has 1 saturated carbocycles. The van der Waals surface area contributed by atoms with Crippen LogP contribution in [0.15, 0.2) is 0 Å². The summed E-state index contributed by atoms with van der Waals surface area (Å²) in [5.74, 6) is -0.224.